The van der Waals surface area contributed by atoms with Gasteiger partial charge in [0.05, 0.1) is 11.4 Å². The second-order valence-electron chi connectivity index (χ2n) is 4.24. The van der Waals surface area contributed by atoms with Gasteiger partial charge in [-0.05, 0) is 12.1 Å². The molecule has 1 atom stereocenters. The smallest absolute Gasteiger partial charge is 0.137 e. The minimum atomic E-state index is -0.665. The molecule has 18 heavy (non-hydrogen) atoms. The highest BCUT2D eigenvalue weighted by atomic mass is 16.3. The summed E-state index contributed by atoms with van der Waals surface area (Å²) in [6.45, 7) is 0. The lowest BCUT2D eigenvalue weighted by Crippen LogP contribution is -2.02. The van der Waals surface area contributed by atoms with Gasteiger partial charge in [-0.15, -0.1) is 5.10 Å². The number of hydrogen-bond acceptors (Lipinski definition) is 4. The van der Waals surface area contributed by atoms with Gasteiger partial charge in [0.15, 0.2) is 0 Å². The average molecular weight is 243 g/mol. The molecule has 3 rings (SSSR count). The lowest BCUT2D eigenvalue weighted by Gasteiger charge is -2.03. The van der Waals surface area contributed by atoms with Crippen LogP contribution in [0.3, 0.4) is 0 Å². The van der Waals surface area contributed by atoms with Crippen LogP contribution in [-0.4, -0.2) is 29.5 Å². The van der Waals surface area contributed by atoms with Crippen molar-refractivity contribution < 1.29 is 5.11 Å². The van der Waals surface area contributed by atoms with Crippen molar-refractivity contribution in [3.05, 3.63) is 48.2 Å². The van der Waals surface area contributed by atoms with Gasteiger partial charge in [0.1, 0.15) is 11.8 Å². The third-order valence-electron chi connectivity index (χ3n) is 2.78. The van der Waals surface area contributed by atoms with E-state index in [1.807, 2.05) is 35.0 Å². The summed E-state index contributed by atoms with van der Waals surface area (Å²) in [5.41, 5.74) is 2.22. The molecule has 0 aliphatic heterocycles. The summed E-state index contributed by atoms with van der Waals surface area (Å²) in [7, 11) is 1.80. The van der Waals surface area contributed by atoms with Crippen LogP contribution in [-0.2, 0) is 13.5 Å². The predicted molar refractivity (Wildman–Crippen MR) is 64.9 cm³/mol. The van der Waals surface area contributed by atoms with Crippen molar-refractivity contribution in [3.8, 4) is 0 Å². The van der Waals surface area contributed by atoms with Gasteiger partial charge in [-0.1, -0.05) is 11.3 Å². The zero-order valence-electron chi connectivity index (χ0n) is 9.93. The van der Waals surface area contributed by atoms with Gasteiger partial charge in [0, 0.05) is 32.1 Å². The molecule has 0 fully saturated rings. The Balaban J connectivity index is 1.85. The first-order chi connectivity index (χ1) is 8.72. The molecule has 0 aromatic carbocycles. The molecule has 0 aliphatic carbocycles. The summed E-state index contributed by atoms with van der Waals surface area (Å²) >= 11 is 0. The highest BCUT2D eigenvalue weighted by Gasteiger charge is 2.14. The summed E-state index contributed by atoms with van der Waals surface area (Å²) < 4.78 is 3.50. The molecule has 0 saturated carbocycles. The minimum absolute atomic E-state index is 0.414. The summed E-state index contributed by atoms with van der Waals surface area (Å²) in [6, 6.07) is 5.74. The molecule has 1 unspecified atom stereocenters. The molecule has 0 aliphatic rings. The Labute approximate surface area is 104 Å². The standard InChI is InChI=1S/C12H13N5O/c1-16-7-9(14-15-16)6-11(18)10-8-17-5-3-2-4-12(17)13-10/h2-5,7-8,11,18H,6H2,1H3. The molecule has 6 nitrogen and oxygen atoms in total. The number of hydrogen-bond donors (Lipinski definition) is 1. The van der Waals surface area contributed by atoms with Crippen LogP contribution in [0, 0.1) is 0 Å². The fourth-order valence-electron chi connectivity index (χ4n) is 1.91. The van der Waals surface area contributed by atoms with E-state index in [-0.39, 0.29) is 0 Å². The first kappa shape index (κ1) is 10.9. The fraction of sp³-hybridized carbons (Fsp3) is 0.250. The van der Waals surface area contributed by atoms with E-state index in [4.69, 9.17) is 0 Å². The van der Waals surface area contributed by atoms with Gasteiger partial charge < -0.3 is 9.51 Å². The number of nitrogens with zero attached hydrogens (tertiary/aromatic N) is 5. The maximum Gasteiger partial charge on any atom is 0.137 e. The number of fused-ring (bicyclic) bond motifs is 1. The number of aromatic nitrogens is 5. The van der Waals surface area contributed by atoms with Crippen LogP contribution >= 0.6 is 0 Å². The van der Waals surface area contributed by atoms with Crippen molar-refractivity contribution in [3.63, 3.8) is 0 Å². The van der Waals surface area contributed by atoms with Crippen LogP contribution in [0.4, 0.5) is 0 Å². The molecular weight excluding hydrogens is 230 g/mol. The van der Waals surface area contributed by atoms with Crippen LogP contribution in [0.1, 0.15) is 17.5 Å². The van der Waals surface area contributed by atoms with Crippen LogP contribution in [0.25, 0.3) is 5.65 Å². The molecular formula is C12H13N5O. The van der Waals surface area contributed by atoms with Crippen LogP contribution in [0.5, 0.6) is 0 Å². The molecule has 0 spiro atoms. The molecule has 3 heterocycles. The van der Waals surface area contributed by atoms with E-state index in [9.17, 15) is 5.11 Å². The lowest BCUT2D eigenvalue weighted by molar-refractivity contribution is 0.173. The summed E-state index contributed by atoms with van der Waals surface area (Å²) in [6.07, 6.45) is 5.27. The SMILES string of the molecule is Cn1cc(CC(O)c2cn3ccccc3n2)nn1. The topological polar surface area (TPSA) is 68.2 Å². The van der Waals surface area contributed by atoms with Gasteiger partial charge in [0.2, 0.25) is 0 Å². The van der Waals surface area contributed by atoms with Crippen LogP contribution in [0.2, 0.25) is 0 Å². The van der Waals surface area contributed by atoms with Crippen molar-refractivity contribution >= 4 is 5.65 Å². The number of aryl methyl sites for hydroxylation is 1. The van der Waals surface area contributed by atoms with E-state index in [0.717, 1.165) is 11.3 Å². The number of aliphatic hydroxyl groups is 1. The summed E-state index contributed by atoms with van der Waals surface area (Å²) in [4.78, 5) is 4.37. The van der Waals surface area contributed by atoms with Gasteiger partial charge >= 0.3 is 0 Å². The lowest BCUT2D eigenvalue weighted by atomic mass is 10.1. The Kier molecular flexibility index (Phi) is 2.56. The molecule has 0 bridgehead atoms. The Morgan fingerprint density at radius 3 is 2.94 bits per heavy atom. The van der Waals surface area contributed by atoms with E-state index in [0.29, 0.717) is 12.1 Å². The number of aliphatic hydroxyl groups excluding tert-OH is 1. The maximum absolute atomic E-state index is 10.1. The van der Waals surface area contributed by atoms with Gasteiger partial charge in [-0.3, -0.25) is 4.68 Å². The number of rotatable bonds is 3. The Bertz CT molecular complexity index is 639. The molecule has 0 saturated heterocycles. The molecule has 3 aromatic rings. The predicted octanol–water partition coefficient (Wildman–Crippen LogP) is 0.739. The van der Waals surface area contributed by atoms with Crippen LogP contribution < -0.4 is 0 Å². The highest BCUT2D eigenvalue weighted by Crippen LogP contribution is 2.16. The second-order valence-corrected chi connectivity index (χ2v) is 4.24. The first-order valence-electron chi connectivity index (χ1n) is 5.69. The van der Waals surface area contributed by atoms with Crippen molar-refractivity contribution in [1.82, 2.24) is 24.4 Å². The van der Waals surface area contributed by atoms with E-state index in [2.05, 4.69) is 15.3 Å². The summed E-state index contributed by atoms with van der Waals surface area (Å²) in [5, 5.41) is 17.9. The van der Waals surface area contributed by atoms with E-state index in [1.165, 1.54) is 0 Å². The molecule has 92 valence electrons. The monoisotopic (exact) mass is 243 g/mol. The average Bonchev–Trinajstić information content (AvgIpc) is 2.95. The zero-order valence-corrected chi connectivity index (χ0v) is 9.93. The van der Waals surface area contributed by atoms with Gasteiger partial charge in [-0.25, -0.2) is 4.98 Å². The number of pyridine rings is 1. The Morgan fingerprint density at radius 2 is 2.22 bits per heavy atom. The molecule has 1 N–H and O–H groups in total. The quantitative estimate of drug-likeness (QED) is 0.736. The maximum atomic E-state index is 10.1. The van der Waals surface area contributed by atoms with E-state index < -0.39 is 6.10 Å². The Morgan fingerprint density at radius 1 is 1.33 bits per heavy atom. The first-order valence-corrected chi connectivity index (χ1v) is 5.69. The number of imidazole rings is 1. The third-order valence-corrected chi connectivity index (χ3v) is 2.78. The van der Waals surface area contributed by atoms with Crippen molar-refractivity contribution in [2.45, 2.75) is 12.5 Å². The fourth-order valence-corrected chi connectivity index (χ4v) is 1.91. The van der Waals surface area contributed by atoms with Gasteiger partial charge in [-0.2, -0.15) is 0 Å². The van der Waals surface area contributed by atoms with Gasteiger partial charge in [0.25, 0.3) is 0 Å². The second kappa shape index (κ2) is 4.23. The molecule has 0 amide bonds. The molecule has 3 aromatic heterocycles. The largest absolute Gasteiger partial charge is 0.386 e. The van der Waals surface area contributed by atoms with E-state index >= 15 is 0 Å². The molecule has 0 radical (unpaired) electrons. The van der Waals surface area contributed by atoms with Crippen molar-refractivity contribution in [2.75, 3.05) is 0 Å². The highest BCUT2D eigenvalue weighted by molar-refractivity contribution is 5.39. The molecule has 6 heteroatoms. The normalized spacial score (nSPS) is 13.0. The van der Waals surface area contributed by atoms with Crippen LogP contribution in [0.15, 0.2) is 36.8 Å². The van der Waals surface area contributed by atoms with E-state index in [1.54, 1.807) is 17.9 Å². The zero-order chi connectivity index (χ0) is 12.5. The minimum Gasteiger partial charge on any atom is -0.386 e. The summed E-state index contributed by atoms with van der Waals surface area (Å²) in [5.74, 6) is 0. The Hall–Kier alpha value is -2.21. The van der Waals surface area contributed by atoms with Crippen molar-refractivity contribution in [1.29, 1.82) is 0 Å². The van der Waals surface area contributed by atoms with Crippen molar-refractivity contribution in [2.24, 2.45) is 7.05 Å². The third kappa shape index (κ3) is 1.98.